The van der Waals surface area contributed by atoms with E-state index in [0.29, 0.717) is 19.8 Å². The number of rotatable bonds is 6. The zero-order chi connectivity index (χ0) is 12.8. The lowest BCUT2D eigenvalue weighted by Crippen LogP contribution is -2.26. The van der Waals surface area contributed by atoms with Crippen molar-refractivity contribution in [2.24, 2.45) is 0 Å². The molecule has 1 aliphatic heterocycles. The highest BCUT2D eigenvalue weighted by Gasteiger charge is 2.14. The third kappa shape index (κ3) is 3.48. The van der Waals surface area contributed by atoms with E-state index in [-0.39, 0.29) is 0 Å². The number of aromatic nitrogens is 2. The van der Waals surface area contributed by atoms with Gasteiger partial charge in [-0.25, -0.2) is 9.97 Å². The summed E-state index contributed by atoms with van der Waals surface area (Å²) >= 11 is 0. The largest absolute Gasteiger partial charge is 0.382 e. The molecule has 1 N–H and O–H groups in total. The first-order valence-electron chi connectivity index (χ1n) is 6.44. The van der Waals surface area contributed by atoms with Gasteiger partial charge in [0.25, 0.3) is 0 Å². The molecule has 0 saturated heterocycles. The molecule has 2 rings (SSSR count). The Balaban J connectivity index is 1.91. The first kappa shape index (κ1) is 13.4. The molecular formula is C13H21N3O2. The van der Waals surface area contributed by atoms with Crippen LogP contribution in [-0.2, 0) is 28.9 Å². The van der Waals surface area contributed by atoms with E-state index in [0.717, 1.165) is 37.4 Å². The molecule has 1 aliphatic rings. The fraction of sp³-hybridized carbons (Fsp3) is 0.692. The lowest BCUT2D eigenvalue weighted by atomic mass is 10.1. The van der Waals surface area contributed by atoms with Crippen LogP contribution in [0.15, 0.2) is 0 Å². The smallest absolute Gasteiger partial charge is 0.131 e. The number of nitrogens with zero attached hydrogens (tertiary/aromatic N) is 2. The Labute approximate surface area is 108 Å². The number of aryl methyl sites for hydroxylation is 1. The standard InChI is InChI=1S/C13H21N3O2/c1-10-11-9-14-5-3-12(11)16-13(15-10)4-6-18-8-7-17-2/h14H,3-9H2,1-2H3. The van der Waals surface area contributed by atoms with Crippen molar-refractivity contribution in [2.45, 2.75) is 26.3 Å². The average Bonchev–Trinajstić information content (AvgIpc) is 2.39. The number of nitrogens with one attached hydrogen (secondary N) is 1. The van der Waals surface area contributed by atoms with E-state index in [4.69, 9.17) is 9.47 Å². The highest BCUT2D eigenvalue weighted by Crippen LogP contribution is 2.14. The molecule has 0 saturated carbocycles. The van der Waals surface area contributed by atoms with Gasteiger partial charge in [0.05, 0.1) is 25.5 Å². The van der Waals surface area contributed by atoms with Crippen LogP contribution in [0.1, 0.15) is 22.8 Å². The van der Waals surface area contributed by atoms with E-state index >= 15 is 0 Å². The Morgan fingerprint density at radius 2 is 2.11 bits per heavy atom. The van der Waals surface area contributed by atoms with Gasteiger partial charge in [-0.3, -0.25) is 0 Å². The average molecular weight is 251 g/mol. The van der Waals surface area contributed by atoms with Gasteiger partial charge in [0.1, 0.15) is 5.82 Å². The van der Waals surface area contributed by atoms with Gasteiger partial charge < -0.3 is 14.8 Å². The second-order valence-electron chi connectivity index (χ2n) is 4.43. The molecule has 5 heteroatoms. The van der Waals surface area contributed by atoms with Crippen LogP contribution >= 0.6 is 0 Å². The van der Waals surface area contributed by atoms with Crippen LogP contribution < -0.4 is 5.32 Å². The van der Waals surface area contributed by atoms with Crippen LogP contribution in [0.3, 0.4) is 0 Å². The maximum absolute atomic E-state index is 5.44. The topological polar surface area (TPSA) is 56.3 Å². The minimum atomic E-state index is 0.629. The van der Waals surface area contributed by atoms with Crippen molar-refractivity contribution in [1.82, 2.24) is 15.3 Å². The normalized spacial score (nSPS) is 14.6. The van der Waals surface area contributed by atoms with Crippen LogP contribution in [0.2, 0.25) is 0 Å². The van der Waals surface area contributed by atoms with Crippen LogP contribution in [0.4, 0.5) is 0 Å². The van der Waals surface area contributed by atoms with Gasteiger partial charge in [-0.15, -0.1) is 0 Å². The lowest BCUT2D eigenvalue weighted by molar-refractivity contribution is 0.0716. The monoisotopic (exact) mass is 251 g/mol. The van der Waals surface area contributed by atoms with Gasteiger partial charge in [0.15, 0.2) is 0 Å². The number of hydrogen-bond donors (Lipinski definition) is 1. The third-order valence-electron chi connectivity index (χ3n) is 3.09. The van der Waals surface area contributed by atoms with Crippen molar-refractivity contribution in [3.8, 4) is 0 Å². The van der Waals surface area contributed by atoms with E-state index in [9.17, 15) is 0 Å². The summed E-state index contributed by atoms with van der Waals surface area (Å²) in [5.74, 6) is 0.894. The molecule has 0 aliphatic carbocycles. The minimum absolute atomic E-state index is 0.629. The summed E-state index contributed by atoms with van der Waals surface area (Å²) < 4.78 is 10.4. The predicted molar refractivity (Wildman–Crippen MR) is 68.6 cm³/mol. The highest BCUT2D eigenvalue weighted by atomic mass is 16.5. The van der Waals surface area contributed by atoms with Gasteiger partial charge in [-0.2, -0.15) is 0 Å². The van der Waals surface area contributed by atoms with Gasteiger partial charge in [-0.1, -0.05) is 0 Å². The maximum atomic E-state index is 5.44. The maximum Gasteiger partial charge on any atom is 0.131 e. The van der Waals surface area contributed by atoms with Crippen molar-refractivity contribution in [2.75, 3.05) is 33.5 Å². The summed E-state index contributed by atoms with van der Waals surface area (Å²) in [5, 5.41) is 3.35. The van der Waals surface area contributed by atoms with Crippen molar-refractivity contribution >= 4 is 0 Å². The van der Waals surface area contributed by atoms with Crippen LogP contribution in [0.5, 0.6) is 0 Å². The van der Waals surface area contributed by atoms with Gasteiger partial charge in [0.2, 0.25) is 0 Å². The second kappa shape index (κ2) is 6.78. The third-order valence-corrected chi connectivity index (χ3v) is 3.09. The molecule has 0 fully saturated rings. The molecule has 0 unspecified atom stereocenters. The summed E-state index contributed by atoms with van der Waals surface area (Å²) in [6.07, 6.45) is 1.77. The van der Waals surface area contributed by atoms with Crippen molar-refractivity contribution in [1.29, 1.82) is 0 Å². The molecule has 0 aromatic carbocycles. The quantitative estimate of drug-likeness (QED) is 0.752. The summed E-state index contributed by atoms with van der Waals surface area (Å²) in [4.78, 5) is 9.17. The molecule has 0 atom stereocenters. The molecule has 18 heavy (non-hydrogen) atoms. The Bertz CT molecular complexity index is 396. The molecule has 1 aromatic heterocycles. The summed E-state index contributed by atoms with van der Waals surface area (Å²) in [6, 6.07) is 0. The van der Waals surface area contributed by atoms with Crippen molar-refractivity contribution < 1.29 is 9.47 Å². The van der Waals surface area contributed by atoms with E-state index in [1.54, 1.807) is 7.11 Å². The SMILES string of the molecule is COCCOCCc1nc(C)c2c(n1)CCNC2. The fourth-order valence-corrected chi connectivity index (χ4v) is 2.09. The first-order valence-corrected chi connectivity index (χ1v) is 6.44. The summed E-state index contributed by atoms with van der Waals surface area (Å²) in [5.41, 5.74) is 3.57. The molecular weight excluding hydrogens is 230 g/mol. The first-order chi connectivity index (χ1) is 8.81. The molecule has 5 nitrogen and oxygen atoms in total. The molecule has 0 spiro atoms. The summed E-state index contributed by atoms with van der Waals surface area (Å²) in [6.45, 7) is 5.88. The number of ether oxygens (including phenoxy) is 2. The van der Waals surface area contributed by atoms with E-state index in [2.05, 4.69) is 22.2 Å². The molecule has 0 radical (unpaired) electrons. The van der Waals surface area contributed by atoms with Gasteiger partial charge in [-0.05, 0) is 6.92 Å². The number of methoxy groups -OCH3 is 1. The zero-order valence-electron chi connectivity index (χ0n) is 11.2. The number of fused-ring (bicyclic) bond motifs is 1. The Morgan fingerprint density at radius 1 is 1.22 bits per heavy atom. The molecule has 1 aromatic rings. The lowest BCUT2D eigenvalue weighted by Gasteiger charge is -2.18. The second-order valence-corrected chi connectivity index (χ2v) is 4.43. The van der Waals surface area contributed by atoms with Crippen LogP contribution in [0.25, 0.3) is 0 Å². The molecule has 2 heterocycles. The van der Waals surface area contributed by atoms with Crippen LogP contribution in [0, 0.1) is 6.92 Å². The van der Waals surface area contributed by atoms with E-state index in [1.807, 2.05) is 0 Å². The van der Waals surface area contributed by atoms with E-state index in [1.165, 1.54) is 11.3 Å². The van der Waals surface area contributed by atoms with Crippen LogP contribution in [-0.4, -0.2) is 43.4 Å². The number of hydrogen-bond acceptors (Lipinski definition) is 5. The van der Waals surface area contributed by atoms with E-state index < -0.39 is 0 Å². The minimum Gasteiger partial charge on any atom is -0.382 e. The van der Waals surface area contributed by atoms with Gasteiger partial charge in [0, 0.05) is 44.3 Å². The molecule has 100 valence electrons. The molecule has 0 bridgehead atoms. The molecule has 0 amide bonds. The highest BCUT2D eigenvalue weighted by molar-refractivity contribution is 5.27. The summed E-state index contributed by atoms with van der Waals surface area (Å²) in [7, 11) is 1.67. The Kier molecular flexibility index (Phi) is 5.04. The Hall–Kier alpha value is -1.04. The zero-order valence-corrected chi connectivity index (χ0v) is 11.2. The predicted octanol–water partition coefficient (Wildman–Crippen LogP) is 0.636. The Morgan fingerprint density at radius 3 is 2.94 bits per heavy atom. The van der Waals surface area contributed by atoms with Crippen molar-refractivity contribution in [3.63, 3.8) is 0 Å². The fourth-order valence-electron chi connectivity index (χ4n) is 2.09. The van der Waals surface area contributed by atoms with Crippen molar-refractivity contribution in [3.05, 3.63) is 22.8 Å². The van der Waals surface area contributed by atoms with Gasteiger partial charge >= 0.3 is 0 Å².